The molecule has 3 amide bonds. The van der Waals surface area contributed by atoms with Gasteiger partial charge in [-0.1, -0.05) is 30.3 Å². The highest BCUT2D eigenvalue weighted by Gasteiger charge is 2.31. The lowest BCUT2D eigenvalue weighted by molar-refractivity contribution is -0.385. The molecule has 14 nitrogen and oxygen atoms in total. The zero-order valence-electron chi connectivity index (χ0n) is 30.5. The molecule has 6 rings (SSSR count). The molecule has 1 atom stereocenters. The number of hydrogen-bond acceptors (Lipinski definition) is 10. The van der Waals surface area contributed by atoms with Crippen LogP contribution in [-0.4, -0.2) is 104 Å². The number of rotatable bonds is 10. The van der Waals surface area contributed by atoms with E-state index in [0.717, 1.165) is 23.4 Å². The highest BCUT2D eigenvalue weighted by atomic mass is 16.6. The van der Waals surface area contributed by atoms with Gasteiger partial charge in [0.1, 0.15) is 17.5 Å². The predicted octanol–water partition coefficient (Wildman–Crippen LogP) is 4.48. The number of carbonyl (C=O) groups is 3. The lowest BCUT2D eigenvalue weighted by Crippen LogP contribution is -2.56. The molecule has 2 heterocycles. The Labute approximate surface area is 313 Å². The van der Waals surface area contributed by atoms with E-state index in [1.54, 1.807) is 42.3 Å². The van der Waals surface area contributed by atoms with Gasteiger partial charge in [0.2, 0.25) is 17.6 Å². The molecular weight excluding hydrogens is 694 g/mol. The minimum Gasteiger partial charge on any atom is -0.497 e. The molecule has 2 aliphatic rings. The maximum absolute atomic E-state index is 14.2. The number of hydrogen-bond donors (Lipinski definition) is 1. The minimum atomic E-state index is -0.946. The second kappa shape index (κ2) is 17.1. The van der Waals surface area contributed by atoms with Crippen molar-refractivity contribution in [3.8, 4) is 28.7 Å². The van der Waals surface area contributed by atoms with Gasteiger partial charge in [0.15, 0.2) is 11.5 Å². The topological polar surface area (TPSA) is 153 Å². The third kappa shape index (κ3) is 9.07. The number of nitro groups is 1. The first-order valence-corrected chi connectivity index (χ1v) is 17.6. The summed E-state index contributed by atoms with van der Waals surface area (Å²) in [6.45, 7) is 2.72. The van der Waals surface area contributed by atoms with Crippen molar-refractivity contribution in [2.75, 3.05) is 60.6 Å². The van der Waals surface area contributed by atoms with Gasteiger partial charge < -0.3 is 34.1 Å². The Morgan fingerprint density at radius 2 is 1.61 bits per heavy atom. The van der Waals surface area contributed by atoms with Crippen molar-refractivity contribution in [3.05, 3.63) is 117 Å². The number of amides is 3. The SMILES string of the molecule is COc1ccc(CN2CCN(C(=O)C3Cc4cccc(c4)Oc4cc(ccc4[N+](=O)[O-])C(=O)N(CCc4ccc(OC)c(OC)c4)CC(=O)N3)CC2)cc1. The quantitative estimate of drug-likeness (QED) is 0.182. The largest absolute Gasteiger partial charge is 0.497 e. The predicted molar refractivity (Wildman–Crippen MR) is 199 cm³/mol. The fraction of sp³-hybridized carbons (Fsp3) is 0.325. The summed E-state index contributed by atoms with van der Waals surface area (Å²) in [5.41, 5.74) is 2.42. The Morgan fingerprint density at radius 3 is 2.31 bits per heavy atom. The van der Waals surface area contributed by atoms with Crippen LogP contribution in [0, 0.1) is 10.1 Å². The highest BCUT2D eigenvalue weighted by molar-refractivity contribution is 5.98. The Balaban J connectivity index is 1.25. The Hall–Kier alpha value is -6.15. The Bertz CT molecular complexity index is 2000. The van der Waals surface area contributed by atoms with Crippen LogP contribution in [0.3, 0.4) is 0 Å². The van der Waals surface area contributed by atoms with Crippen molar-refractivity contribution < 1.29 is 38.3 Å². The summed E-state index contributed by atoms with van der Waals surface area (Å²) < 4.78 is 22.1. The molecule has 4 aromatic carbocycles. The second-order valence-electron chi connectivity index (χ2n) is 13.1. The van der Waals surface area contributed by atoms with Crippen LogP contribution in [0.1, 0.15) is 27.0 Å². The molecule has 282 valence electrons. The van der Waals surface area contributed by atoms with Gasteiger partial charge in [0, 0.05) is 63.4 Å². The van der Waals surface area contributed by atoms with Crippen LogP contribution in [0.25, 0.3) is 0 Å². The van der Waals surface area contributed by atoms with Gasteiger partial charge in [0.05, 0.1) is 32.8 Å². The summed E-state index contributed by atoms with van der Waals surface area (Å²) in [4.78, 5) is 58.9. The normalized spacial score (nSPS) is 16.5. The number of methoxy groups -OCH3 is 3. The molecule has 0 spiro atoms. The van der Waals surface area contributed by atoms with Gasteiger partial charge in [0.25, 0.3) is 5.91 Å². The molecule has 1 unspecified atom stereocenters. The molecule has 1 fully saturated rings. The fourth-order valence-electron chi connectivity index (χ4n) is 6.66. The molecular formula is C40H43N5O9. The van der Waals surface area contributed by atoms with Gasteiger partial charge in [-0.05, 0) is 65.6 Å². The standard InChI is InChI=1S/C40H43N5O9/c1-51-31-11-7-28(8-12-31)25-42-17-19-43(20-18-42)40(48)33-22-29-5-4-6-32(21-29)54-36-24-30(10-13-34(36)45(49)50)39(47)44(26-38(46)41-33)16-15-27-9-14-35(52-2)37(23-27)53-3/h4-14,21,23-24,33H,15-20,22,25-26H2,1-3H3,(H,41,46). The zero-order valence-corrected chi connectivity index (χ0v) is 30.5. The minimum absolute atomic E-state index is 0.101. The van der Waals surface area contributed by atoms with Crippen LogP contribution in [0.2, 0.25) is 0 Å². The van der Waals surface area contributed by atoms with Gasteiger partial charge >= 0.3 is 5.69 Å². The summed E-state index contributed by atoms with van der Waals surface area (Å²) >= 11 is 0. The van der Waals surface area contributed by atoms with E-state index in [9.17, 15) is 24.5 Å². The Morgan fingerprint density at radius 1 is 0.870 bits per heavy atom. The molecule has 0 saturated carbocycles. The van der Waals surface area contributed by atoms with Gasteiger partial charge in [-0.2, -0.15) is 0 Å². The van der Waals surface area contributed by atoms with Crippen molar-refractivity contribution in [1.29, 1.82) is 0 Å². The van der Waals surface area contributed by atoms with Crippen molar-refractivity contribution in [2.24, 2.45) is 0 Å². The highest BCUT2D eigenvalue weighted by Crippen LogP contribution is 2.34. The Kier molecular flexibility index (Phi) is 11.9. The summed E-state index contributed by atoms with van der Waals surface area (Å²) in [6.07, 6.45) is 0.485. The van der Waals surface area contributed by atoms with Crippen molar-refractivity contribution in [1.82, 2.24) is 20.0 Å². The first-order chi connectivity index (χ1) is 26.1. The summed E-state index contributed by atoms with van der Waals surface area (Å²) in [5, 5.41) is 14.9. The first-order valence-electron chi connectivity index (χ1n) is 17.6. The van der Waals surface area contributed by atoms with Crippen LogP contribution in [0.5, 0.6) is 28.7 Å². The molecule has 4 bridgehead atoms. The summed E-state index contributed by atoms with van der Waals surface area (Å²) in [6, 6.07) is 23.1. The van der Waals surface area contributed by atoms with Crippen molar-refractivity contribution in [3.63, 3.8) is 0 Å². The van der Waals surface area contributed by atoms with Crippen LogP contribution < -0.4 is 24.3 Å². The summed E-state index contributed by atoms with van der Waals surface area (Å²) in [7, 11) is 4.70. The van der Waals surface area contributed by atoms with Gasteiger partial charge in [-0.3, -0.25) is 29.4 Å². The molecule has 0 aromatic heterocycles. The molecule has 0 aliphatic carbocycles. The number of nitrogens with zero attached hydrogens (tertiary/aromatic N) is 4. The van der Waals surface area contributed by atoms with Crippen LogP contribution >= 0.6 is 0 Å². The van der Waals surface area contributed by atoms with Crippen molar-refractivity contribution in [2.45, 2.75) is 25.4 Å². The third-order valence-corrected chi connectivity index (χ3v) is 9.59. The smallest absolute Gasteiger partial charge is 0.311 e. The number of nitrogens with one attached hydrogen (secondary N) is 1. The number of ether oxygens (including phenoxy) is 4. The number of benzene rings is 4. The van der Waals surface area contributed by atoms with Crippen LogP contribution in [0.4, 0.5) is 5.69 Å². The lowest BCUT2D eigenvalue weighted by Gasteiger charge is -2.36. The second-order valence-corrected chi connectivity index (χ2v) is 13.1. The number of fused-ring (bicyclic) bond motifs is 4. The van der Waals surface area contributed by atoms with E-state index < -0.39 is 22.8 Å². The molecule has 1 N–H and O–H groups in total. The van der Waals surface area contributed by atoms with E-state index in [0.29, 0.717) is 49.7 Å². The number of nitro benzene ring substituents is 1. The number of carbonyl (C=O) groups excluding carboxylic acids is 3. The van der Waals surface area contributed by atoms with Crippen LogP contribution in [-0.2, 0) is 29.0 Å². The summed E-state index contributed by atoms with van der Waals surface area (Å²) in [5.74, 6) is 0.727. The van der Waals surface area contributed by atoms with E-state index in [2.05, 4.69) is 10.2 Å². The third-order valence-electron chi connectivity index (χ3n) is 9.59. The molecule has 0 radical (unpaired) electrons. The molecule has 54 heavy (non-hydrogen) atoms. The van der Waals surface area contributed by atoms with E-state index in [1.165, 1.54) is 37.3 Å². The van der Waals surface area contributed by atoms with Crippen molar-refractivity contribution >= 4 is 23.4 Å². The van der Waals surface area contributed by atoms with E-state index in [-0.39, 0.29) is 48.2 Å². The first kappa shape index (κ1) is 37.6. The molecule has 1 saturated heterocycles. The van der Waals surface area contributed by atoms with E-state index in [1.807, 2.05) is 36.4 Å². The fourth-order valence-corrected chi connectivity index (χ4v) is 6.66. The molecule has 2 aliphatic heterocycles. The van der Waals surface area contributed by atoms with E-state index in [4.69, 9.17) is 18.9 Å². The molecule has 4 aromatic rings. The maximum atomic E-state index is 14.2. The van der Waals surface area contributed by atoms with Gasteiger partial charge in [-0.15, -0.1) is 0 Å². The zero-order chi connectivity index (χ0) is 38.2. The average molecular weight is 738 g/mol. The average Bonchev–Trinajstić information content (AvgIpc) is 3.18. The lowest BCUT2D eigenvalue weighted by atomic mass is 10.0. The van der Waals surface area contributed by atoms with Crippen LogP contribution in [0.15, 0.2) is 84.9 Å². The van der Waals surface area contributed by atoms with Gasteiger partial charge in [-0.25, -0.2) is 0 Å². The van der Waals surface area contributed by atoms with E-state index >= 15 is 0 Å². The monoisotopic (exact) mass is 737 g/mol. The molecule has 14 heteroatoms. The maximum Gasteiger partial charge on any atom is 0.311 e. The number of piperazine rings is 1.